The second kappa shape index (κ2) is 9.87. The van der Waals surface area contributed by atoms with E-state index >= 15 is 0 Å². The lowest BCUT2D eigenvalue weighted by Gasteiger charge is -2.35. The van der Waals surface area contributed by atoms with Crippen molar-refractivity contribution < 1.29 is 14.0 Å². The Bertz CT molecular complexity index is 1620. The van der Waals surface area contributed by atoms with Crippen LogP contribution in [0.5, 0.6) is 0 Å². The zero-order chi connectivity index (χ0) is 27.1. The standard InChI is InChI=1S/C31H28FN5O2/c1-19-26(18-24-29-23(21-7-5-8-22(32)17-21)9-6-10-25(29)35-30(24)38)34-20(2)28(19)31(39)37-15-13-36(14-16-37)27-11-3-4-12-33-27/h3-12,17-18,34H,13-16H2,1-2H3,(H,35,38). The third kappa shape index (κ3) is 4.48. The molecule has 7 nitrogen and oxygen atoms in total. The van der Waals surface area contributed by atoms with Gasteiger partial charge < -0.3 is 20.1 Å². The van der Waals surface area contributed by atoms with Gasteiger partial charge in [-0.05, 0) is 66.9 Å². The van der Waals surface area contributed by atoms with Crippen LogP contribution in [0.4, 0.5) is 15.9 Å². The number of anilines is 2. The Labute approximate surface area is 226 Å². The molecule has 0 radical (unpaired) electrons. The van der Waals surface area contributed by atoms with E-state index in [9.17, 15) is 14.0 Å². The molecule has 196 valence electrons. The number of H-pyrrole nitrogens is 1. The predicted molar refractivity (Wildman–Crippen MR) is 151 cm³/mol. The average Bonchev–Trinajstić information content (AvgIpc) is 3.42. The maximum atomic E-state index is 14.0. The molecule has 4 aromatic rings. The Balaban J connectivity index is 1.30. The molecule has 8 heteroatoms. The van der Waals surface area contributed by atoms with E-state index in [0.29, 0.717) is 54.3 Å². The predicted octanol–water partition coefficient (Wildman–Crippen LogP) is 5.29. The van der Waals surface area contributed by atoms with E-state index in [1.165, 1.54) is 12.1 Å². The summed E-state index contributed by atoms with van der Waals surface area (Å²) in [5.74, 6) is 0.315. The SMILES string of the molecule is Cc1[nH]c(C=C2C(=O)Nc3cccc(-c4cccc(F)c4)c32)c(C)c1C(=O)N1CCN(c2ccccn2)CC1. The molecule has 2 aliphatic rings. The van der Waals surface area contributed by atoms with Crippen LogP contribution in [0.3, 0.4) is 0 Å². The number of hydrogen-bond acceptors (Lipinski definition) is 4. The number of aryl methyl sites for hydroxylation is 1. The first-order valence-corrected chi connectivity index (χ1v) is 13.0. The van der Waals surface area contributed by atoms with E-state index in [0.717, 1.165) is 28.2 Å². The summed E-state index contributed by atoms with van der Waals surface area (Å²) in [6, 6.07) is 17.7. The van der Waals surface area contributed by atoms with Crippen molar-refractivity contribution >= 4 is 35.0 Å². The van der Waals surface area contributed by atoms with Gasteiger partial charge in [-0.25, -0.2) is 9.37 Å². The summed E-state index contributed by atoms with van der Waals surface area (Å²) >= 11 is 0. The topological polar surface area (TPSA) is 81.3 Å². The lowest BCUT2D eigenvalue weighted by molar-refractivity contribution is -0.110. The minimum absolute atomic E-state index is 0.0247. The molecule has 1 fully saturated rings. The number of aromatic amines is 1. The number of nitrogens with one attached hydrogen (secondary N) is 2. The Hall–Kier alpha value is -4.72. The van der Waals surface area contributed by atoms with Gasteiger partial charge in [0.05, 0.1) is 11.1 Å². The fourth-order valence-electron chi connectivity index (χ4n) is 5.51. The van der Waals surface area contributed by atoms with Crippen LogP contribution in [0, 0.1) is 19.7 Å². The first-order chi connectivity index (χ1) is 18.9. The Kier molecular flexibility index (Phi) is 6.23. The van der Waals surface area contributed by atoms with E-state index in [1.54, 1.807) is 18.3 Å². The average molecular weight is 522 g/mol. The number of rotatable bonds is 4. The third-order valence-corrected chi connectivity index (χ3v) is 7.48. The maximum Gasteiger partial charge on any atom is 0.256 e. The van der Waals surface area contributed by atoms with Crippen LogP contribution in [0.15, 0.2) is 66.9 Å². The summed E-state index contributed by atoms with van der Waals surface area (Å²) in [5, 5.41) is 2.93. The van der Waals surface area contributed by atoms with Crippen molar-refractivity contribution in [2.45, 2.75) is 13.8 Å². The summed E-state index contributed by atoms with van der Waals surface area (Å²) in [4.78, 5) is 38.5. The highest BCUT2D eigenvalue weighted by Gasteiger charge is 2.30. The van der Waals surface area contributed by atoms with Gasteiger partial charge in [-0.2, -0.15) is 0 Å². The lowest BCUT2D eigenvalue weighted by Crippen LogP contribution is -2.49. The van der Waals surface area contributed by atoms with Gasteiger partial charge in [0, 0.05) is 55.0 Å². The number of halogens is 1. The molecule has 0 spiro atoms. The largest absolute Gasteiger partial charge is 0.358 e. The molecule has 2 aliphatic heterocycles. The minimum Gasteiger partial charge on any atom is -0.358 e. The number of benzene rings is 2. The van der Waals surface area contributed by atoms with Crippen LogP contribution in [0.25, 0.3) is 22.8 Å². The number of amides is 2. The first kappa shape index (κ1) is 24.6. The van der Waals surface area contributed by atoms with E-state index in [4.69, 9.17) is 0 Å². The van der Waals surface area contributed by atoms with E-state index in [1.807, 2.05) is 61.2 Å². The van der Waals surface area contributed by atoms with Crippen molar-refractivity contribution in [3.63, 3.8) is 0 Å². The van der Waals surface area contributed by atoms with Gasteiger partial charge in [-0.15, -0.1) is 0 Å². The van der Waals surface area contributed by atoms with Crippen LogP contribution in [-0.2, 0) is 4.79 Å². The monoisotopic (exact) mass is 521 g/mol. The van der Waals surface area contributed by atoms with Crippen LogP contribution in [0.1, 0.15) is 32.9 Å². The molecule has 2 aromatic carbocycles. The van der Waals surface area contributed by atoms with Gasteiger partial charge in [-0.1, -0.05) is 30.3 Å². The van der Waals surface area contributed by atoms with Crippen molar-refractivity contribution in [1.29, 1.82) is 0 Å². The second-order valence-corrected chi connectivity index (χ2v) is 9.88. The van der Waals surface area contributed by atoms with Crippen LogP contribution in [0.2, 0.25) is 0 Å². The lowest BCUT2D eigenvalue weighted by atomic mass is 9.94. The fraction of sp³-hybridized carbons (Fsp3) is 0.194. The molecule has 39 heavy (non-hydrogen) atoms. The summed E-state index contributed by atoms with van der Waals surface area (Å²) in [7, 11) is 0. The zero-order valence-electron chi connectivity index (χ0n) is 21.8. The van der Waals surface area contributed by atoms with Gasteiger partial charge in [0.2, 0.25) is 0 Å². The van der Waals surface area contributed by atoms with Crippen molar-refractivity contribution in [3.05, 3.63) is 101 Å². The molecule has 0 saturated carbocycles. The highest BCUT2D eigenvalue weighted by atomic mass is 19.1. The smallest absolute Gasteiger partial charge is 0.256 e. The normalized spacial score (nSPS) is 16.0. The van der Waals surface area contributed by atoms with Gasteiger partial charge in [-0.3, -0.25) is 9.59 Å². The van der Waals surface area contributed by atoms with Gasteiger partial charge in [0.25, 0.3) is 11.8 Å². The van der Waals surface area contributed by atoms with Crippen LogP contribution >= 0.6 is 0 Å². The summed E-state index contributed by atoms with van der Waals surface area (Å²) < 4.78 is 14.0. The quantitative estimate of drug-likeness (QED) is 0.358. The van der Waals surface area contributed by atoms with Crippen molar-refractivity contribution in [3.8, 4) is 11.1 Å². The molecule has 6 rings (SSSR count). The molecule has 0 bridgehead atoms. The Morgan fingerprint density at radius 3 is 2.54 bits per heavy atom. The molecule has 4 heterocycles. The number of hydrogen-bond donors (Lipinski definition) is 2. The Morgan fingerprint density at radius 1 is 1.00 bits per heavy atom. The molecule has 2 N–H and O–H groups in total. The third-order valence-electron chi connectivity index (χ3n) is 7.48. The van der Waals surface area contributed by atoms with Crippen molar-refractivity contribution in [1.82, 2.24) is 14.9 Å². The number of piperazine rings is 1. The fourth-order valence-corrected chi connectivity index (χ4v) is 5.51. The van der Waals surface area contributed by atoms with Gasteiger partial charge >= 0.3 is 0 Å². The summed E-state index contributed by atoms with van der Waals surface area (Å²) in [6.45, 7) is 6.40. The number of aromatic nitrogens is 2. The Morgan fingerprint density at radius 2 is 1.79 bits per heavy atom. The minimum atomic E-state index is -0.340. The zero-order valence-corrected chi connectivity index (χ0v) is 21.8. The molecule has 0 atom stereocenters. The number of nitrogens with zero attached hydrogens (tertiary/aromatic N) is 3. The molecule has 0 aliphatic carbocycles. The van der Waals surface area contributed by atoms with E-state index < -0.39 is 0 Å². The summed E-state index contributed by atoms with van der Waals surface area (Å²) in [5.41, 5.74) is 6.20. The summed E-state index contributed by atoms with van der Waals surface area (Å²) in [6.07, 6.45) is 3.57. The second-order valence-electron chi connectivity index (χ2n) is 9.88. The van der Waals surface area contributed by atoms with Crippen molar-refractivity contribution in [2.24, 2.45) is 0 Å². The maximum absolute atomic E-state index is 14.0. The van der Waals surface area contributed by atoms with Gasteiger partial charge in [0.1, 0.15) is 11.6 Å². The number of carbonyl (C=O) groups excluding carboxylic acids is 2. The van der Waals surface area contributed by atoms with Crippen LogP contribution in [-0.4, -0.2) is 52.9 Å². The number of pyridine rings is 1. The number of carbonyl (C=O) groups is 2. The highest BCUT2D eigenvalue weighted by Crippen LogP contribution is 2.41. The molecule has 1 saturated heterocycles. The molecule has 0 unspecified atom stereocenters. The highest BCUT2D eigenvalue weighted by molar-refractivity contribution is 6.36. The van der Waals surface area contributed by atoms with E-state index in [2.05, 4.69) is 20.2 Å². The van der Waals surface area contributed by atoms with Crippen molar-refractivity contribution in [2.75, 3.05) is 36.4 Å². The first-order valence-electron chi connectivity index (χ1n) is 13.0. The molecule has 2 aromatic heterocycles. The number of fused-ring (bicyclic) bond motifs is 1. The molecular formula is C31H28FN5O2. The van der Waals surface area contributed by atoms with Crippen LogP contribution < -0.4 is 10.2 Å². The molecular weight excluding hydrogens is 493 g/mol. The molecule has 2 amide bonds. The van der Waals surface area contributed by atoms with E-state index in [-0.39, 0.29) is 17.6 Å². The van der Waals surface area contributed by atoms with Gasteiger partial charge in [0.15, 0.2) is 0 Å².